The number of alkyl carbamates (subject to hydrolysis) is 1. The van der Waals surface area contributed by atoms with Crippen LogP contribution < -0.4 is 10.1 Å². The van der Waals surface area contributed by atoms with Gasteiger partial charge in [-0.3, -0.25) is 0 Å². The number of phenolic OH excluding ortho intramolecular Hbond substituents is 1. The summed E-state index contributed by atoms with van der Waals surface area (Å²) in [4.78, 5) is 16.1. The van der Waals surface area contributed by atoms with E-state index in [0.29, 0.717) is 24.1 Å². The first-order chi connectivity index (χ1) is 13.2. The number of amides is 1. The Morgan fingerprint density at radius 2 is 1.96 bits per heavy atom. The molecule has 0 spiro atoms. The monoisotopic (exact) mass is 404 g/mol. The fourth-order valence-electron chi connectivity index (χ4n) is 2.71. The Morgan fingerprint density at radius 3 is 2.57 bits per heavy atom. The van der Waals surface area contributed by atoms with E-state index in [-0.39, 0.29) is 11.2 Å². The van der Waals surface area contributed by atoms with Crippen molar-refractivity contribution < 1.29 is 19.4 Å². The van der Waals surface area contributed by atoms with Gasteiger partial charge in [0, 0.05) is 17.5 Å². The van der Waals surface area contributed by atoms with Gasteiger partial charge in [0.25, 0.3) is 0 Å². The van der Waals surface area contributed by atoms with Crippen LogP contribution in [0.1, 0.15) is 33.6 Å². The van der Waals surface area contributed by atoms with Gasteiger partial charge in [0.1, 0.15) is 22.3 Å². The number of hydrogen-bond donors (Lipinski definition) is 2. The first-order valence-corrected chi connectivity index (χ1v) is 9.58. The molecule has 1 heterocycles. The molecule has 6 nitrogen and oxygen atoms in total. The molecule has 7 heteroatoms. The highest BCUT2D eigenvalue weighted by Crippen LogP contribution is 2.45. The third-order valence-corrected chi connectivity index (χ3v) is 4.80. The summed E-state index contributed by atoms with van der Waals surface area (Å²) in [6.07, 6.45) is 3.13. The molecule has 0 bridgehead atoms. The number of benzene rings is 1. The van der Waals surface area contributed by atoms with Crippen LogP contribution in [0.3, 0.4) is 0 Å². The van der Waals surface area contributed by atoms with Crippen molar-refractivity contribution in [3.8, 4) is 22.6 Å². The fraction of sp³-hybridized carbons (Fsp3) is 0.429. The molecular weight excluding hydrogens is 380 g/mol. The quantitative estimate of drug-likeness (QED) is 0.676. The number of phenols is 1. The van der Waals surface area contributed by atoms with E-state index in [1.807, 2.05) is 26.8 Å². The molecule has 3 rings (SSSR count). The highest BCUT2D eigenvalue weighted by atomic mass is 35.5. The van der Waals surface area contributed by atoms with Crippen molar-refractivity contribution in [2.75, 3.05) is 13.2 Å². The van der Waals surface area contributed by atoms with E-state index in [4.69, 9.17) is 21.1 Å². The number of hydrogen-bond acceptors (Lipinski definition) is 5. The van der Waals surface area contributed by atoms with Gasteiger partial charge in [-0.05, 0) is 57.4 Å². The lowest BCUT2D eigenvalue weighted by atomic mass is 10.1. The second kappa shape index (κ2) is 7.87. The number of carbonyl (C=O) groups excluding carboxylic acids is 1. The predicted octanol–water partition coefficient (Wildman–Crippen LogP) is 4.79. The smallest absolute Gasteiger partial charge is 0.407 e. The zero-order valence-electron chi connectivity index (χ0n) is 16.3. The Kier molecular flexibility index (Phi) is 5.70. The molecule has 150 valence electrons. The maximum Gasteiger partial charge on any atom is 0.407 e. The van der Waals surface area contributed by atoms with Gasteiger partial charge in [-0.2, -0.15) is 0 Å². The maximum atomic E-state index is 11.9. The SMILES string of the molecule is CC(C)(C)OC(=O)NCC1(COc2cnc(Cl)c(-c3ccc(O)cc3)c2)CC1. The number of carbonyl (C=O) groups is 1. The average Bonchev–Trinajstić information content (AvgIpc) is 3.39. The Bertz CT molecular complexity index is 842. The number of rotatable bonds is 6. The molecule has 2 N–H and O–H groups in total. The number of nitrogens with one attached hydrogen (secondary N) is 1. The summed E-state index contributed by atoms with van der Waals surface area (Å²) < 4.78 is 11.2. The second-order valence-corrected chi connectivity index (χ2v) is 8.56. The summed E-state index contributed by atoms with van der Waals surface area (Å²) in [5.41, 5.74) is 0.982. The number of aromatic hydroxyl groups is 1. The van der Waals surface area contributed by atoms with Crippen LogP contribution in [0.15, 0.2) is 36.5 Å². The third kappa shape index (κ3) is 5.52. The molecule has 1 aromatic carbocycles. The number of aromatic nitrogens is 1. The van der Waals surface area contributed by atoms with Gasteiger partial charge in [0.05, 0.1) is 12.8 Å². The van der Waals surface area contributed by atoms with Crippen LogP contribution in [0.5, 0.6) is 11.5 Å². The predicted molar refractivity (Wildman–Crippen MR) is 108 cm³/mol. The maximum absolute atomic E-state index is 11.9. The summed E-state index contributed by atoms with van der Waals surface area (Å²) in [6, 6.07) is 8.57. The molecule has 1 aliphatic carbocycles. The van der Waals surface area contributed by atoms with E-state index in [2.05, 4.69) is 10.3 Å². The second-order valence-electron chi connectivity index (χ2n) is 8.20. The standard InChI is InChI=1S/C21H25ClN2O4/c1-20(2,3)28-19(26)24-12-21(8-9-21)13-27-16-10-17(18(22)23-11-16)14-4-6-15(25)7-5-14/h4-7,10-11,25H,8-9,12-13H2,1-3H3,(H,24,26). The number of nitrogens with zero attached hydrogens (tertiary/aromatic N) is 1. The van der Waals surface area contributed by atoms with E-state index in [0.717, 1.165) is 24.0 Å². The lowest BCUT2D eigenvalue weighted by Gasteiger charge is -2.22. The van der Waals surface area contributed by atoms with Gasteiger partial charge in [0.15, 0.2) is 0 Å². The Labute approximate surface area is 169 Å². The van der Waals surface area contributed by atoms with E-state index < -0.39 is 11.7 Å². The molecule has 1 aliphatic rings. The fourth-order valence-corrected chi connectivity index (χ4v) is 2.92. The zero-order chi connectivity index (χ0) is 20.4. The van der Waals surface area contributed by atoms with Crippen molar-refractivity contribution in [1.82, 2.24) is 10.3 Å². The van der Waals surface area contributed by atoms with Crippen LogP contribution in [0.4, 0.5) is 4.79 Å². The summed E-state index contributed by atoms with van der Waals surface area (Å²) in [6.45, 7) is 6.49. The first-order valence-electron chi connectivity index (χ1n) is 9.20. The molecule has 1 fully saturated rings. The Morgan fingerprint density at radius 1 is 1.29 bits per heavy atom. The summed E-state index contributed by atoms with van der Waals surface area (Å²) in [5.74, 6) is 0.796. The first kappa shape index (κ1) is 20.3. The Hall–Kier alpha value is -2.47. The molecule has 2 aromatic rings. The summed E-state index contributed by atoms with van der Waals surface area (Å²) >= 11 is 6.22. The molecule has 1 aromatic heterocycles. The average molecular weight is 405 g/mol. The molecule has 1 saturated carbocycles. The molecule has 0 atom stereocenters. The lowest BCUT2D eigenvalue weighted by Crippen LogP contribution is -2.37. The van der Waals surface area contributed by atoms with Crippen LogP contribution in [-0.4, -0.2) is 34.9 Å². The highest BCUT2D eigenvalue weighted by Gasteiger charge is 2.44. The van der Waals surface area contributed by atoms with E-state index in [9.17, 15) is 9.90 Å². The molecule has 1 amide bonds. The van der Waals surface area contributed by atoms with E-state index in [1.165, 1.54) is 0 Å². The van der Waals surface area contributed by atoms with Crippen molar-refractivity contribution in [2.24, 2.45) is 5.41 Å². The Balaban J connectivity index is 1.59. The minimum atomic E-state index is -0.517. The van der Waals surface area contributed by atoms with Gasteiger partial charge >= 0.3 is 6.09 Å². The van der Waals surface area contributed by atoms with Gasteiger partial charge < -0.3 is 19.9 Å². The number of pyridine rings is 1. The molecule has 0 aliphatic heterocycles. The van der Waals surface area contributed by atoms with Gasteiger partial charge in [0.2, 0.25) is 0 Å². The molecule has 0 unspecified atom stereocenters. The lowest BCUT2D eigenvalue weighted by molar-refractivity contribution is 0.0509. The van der Waals surface area contributed by atoms with Gasteiger partial charge in [-0.25, -0.2) is 9.78 Å². The minimum Gasteiger partial charge on any atom is -0.508 e. The summed E-state index contributed by atoms with van der Waals surface area (Å²) in [5, 5.41) is 12.6. The van der Waals surface area contributed by atoms with Crippen LogP contribution in [-0.2, 0) is 4.74 Å². The van der Waals surface area contributed by atoms with E-state index >= 15 is 0 Å². The topological polar surface area (TPSA) is 80.7 Å². The van der Waals surface area contributed by atoms with Crippen molar-refractivity contribution in [2.45, 2.75) is 39.2 Å². The normalized spacial score (nSPS) is 15.0. The summed E-state index contributed by atoms with van der Waals surface area (Å²) in [7, 11) is 0. The molecule has 28 heavy (non-hydrogen) atoms. The van der Waals surface area contributed by atoms with Crippen LogP contribution in [0.2, 0.25) is 5.15 Å². The van der Waals surface area contributed by atoms with Crippen molar-refractivity contribution in [1.29, 1.82) is 0 Å². The van der Waals surface area contributed by atoms with Crippen LogP contribution in [0, 0.1) is 5.41 Å². The molecular formula is C21H25ClN2O4. The number of ether oxygens (including phenoxy) is 2. The van der Waals surface area contributed by atoms with Gasteiger partial charge in [-0.15, -0.1) is 0 Å². The largest absolute Gasteiger partial charge is 0.508 e. The zero-order valence-corrected chi connectivity index (χ0v) is 17.0. The van der Waals surface area contributed by atoms with Crippen molar-refractivity contribution in [3.63, 3.8) is 0 Å². The van der Waals surface area contributed by atoms with Gasteiger partial charge in [-0.1, -0.05) is 23.7 Å². The van der Waals surface area contributed by atoms with Crippen LogP contribution in [0.25, 0.3) is 11.1 Å². The minimum absolute atomic E-state index is 0.0742. The highest BCUT2D eigenvalue weighted by molar-refractivity contribution is 6.32. The third-order valence-electron chi connectivity index (χ3n) is 4.50. The van der Waals surface area contributed by atoms with Crippen molar-refractivity contribution in [3.05, 3.63) is 41.7 Å². The van der Waals surface area contributed by atoms with E-state index in [1.54, 1.807) is 30.5 Å². The molecule has 0 saturated heterocycles. The van der Waals surface area contributed by atoms with Crippen molar-refractivity contribution >= 4 is 17.7 Å². The number of halogens is 1. The van der Waals surface area contributed by atoms with Crippen LogP contribution >= 0.6 is 11.6 Å². The molecule has 0 radical (unpaired) electrons.